The minimum atomic E-state index is 0.773. The van der Waals surface area contributed by atoms with Crippen LogP contribution < -0.4 is 0 Å². The van der Waals surface area contributed by atoms with Gasteiger partial charge in [-0.15, -0.1) is 11.3 Å². The normalized spacial score (nSPS) is 18.0. The Labute approximate surface area is 156 Å². The summed E-state index contributed by atoms with van der Waals surface area (Å²) in [6.07, 6.45) is 6.36. The highest BCUT2D eigenvalue weighted by molar-refractivity contribution is 7.19. The standard InChI is InChI=1S/C23H19NOS/c1-13-8-9-16-19(11-13)26-23-21(16)20(18-7-4-10-25-18)17-12-14-5-2-3-6-15(14)22(17)24-23/h2-7,10,13H,8-9,11-12H2,1H3/t13-/m0/s1. The van der Waals surface area contributed by atoms with Crippen LogP contribution in [0.2, 0.25) is 0 Å². The van der Waals surface area contributed by atoms with E-state index >= 15 is 0 Å². The fraction of sp³-hybridized carbons (Fsp3) is 0.261. The second-order valence-corrected chi connectivity index (χ2v) is 8.74. The third-order valence-electron chi connectivity index (χ3n) is 5.95. The molecule has 6 rings (SSSR count). The molecule has 1 aromatic carbocycles. The molecule has 0 unspecified atom stereocenters. The average molecular weight is 357 g/mol. The van der Waals surface area contributed by atoms with Crippen molar-refractivity contribution in [1.82, 2.24) is 4.98 Å². The summed E-state index contributed by atoms with van der Waals surface area (Å²) in [6, 6.07) is 12.8. The zero-order valence-electron chi connectivity index (χ0n) is 14.7. The second kappa shape index (κ2) is 5.31. The van der Waals surface area contributed by atoms with Gasteiger partial charge in [-0.05, 0) is 54.0 Å². The molecule has 0 aliphatic heterocycles. The molecule has 0 saturated heterocycles. The molecule has 3 heteroatoms. The molecule has 0 N–H and O–H groups in total. The molecule has 3 aromatic heterocycles. The minimum Gasteiger partial charge on any atom is -0.464 e. The Bertz CT molecular complexity index is 1150. The molecule has 3 heterocycles. The monoisotopic (exact) mass is 357 g/mol. The first-order valence-corrected chi connectivity index (χ1v) is 10.2. The third-order valence-corrected chi connectivity index (χ3v) is 7.10. The Morgan fingerprint density at radius 3 is 2.92 bits per heavy atom. The highest BCUT2D eigenvalue weighted by atomic mass is 32.1. The smallest absolute Gasteiger partial charge is 0.134 e. The van der Waals surface area contributed by atoms with E-state index in [4.69, 9.17) is 9.40 Å². The summed E-state index contributed by atoms with van der Waals surface area (Å²) in [7, 11) is 0. The van der Waals surface area contributed by atoms with Crippen molar-refractivity contribution in [3.05, 3.63) is 64.2 Å². The molecule has 0 saturated carbocycles. The van der Waals surface area contributed by atoms with Crippen LogP contribution in [0.4, 0.5) is 0 Å². The lowest BCUT2D eigenvalue weighted by Gasteiger charge is -2.18. The average Bonchev–Trinajstić information content (AvgIpc) is 3.36. The number of hydrogen-bond donors (Lipinski definition) is 0. The van der Waals surface area contributed by atoms with E-state index in [1.165, 1.54) is 55.8 Å². The van der Waals surface area contributed by atoms with Crippen molar-refractivity contribution in [3.8, 4) is 22.6 Å². The first kappa shape index (κ1) is 14.7. The molecule has 1 atom stereocenters. The van der Waals surface area contributed by atoms with E-state index in [1.807, 2.05) is 17.4 Å². The quantitative estimate of drug-likeness (QED) is 0.354. The summed E-state index contributed by atoms with van der Waals surface area (Å²) < 4.78 is 5.91. The van der Waals surface area contributed by atoms with Crippen molar-refractivity contribution < 1.29 is 4.42 Å². The van der Waals surface area contributed by atoms with Crippen LogP contribution in [0.15, 0.2) is 47.1 Å². The van der Waals surface area contributed by atoms with Crippen LogP contribution in [0, 0.1) is 5.92 Å². The van der Waals surface area contributed by atoms with Crippen LogP contribution in [-0.4, -0.2) is 4.98 Å². The van der Waals surface area contributed by atoms with Crippen LogP contribution in [0.1, 0.15) is 34.9 Å². The highest BCUT2D eigenvalue weighted by Gasteiger charge is 2.30. The summed E-state index contributed by atoms with van der Waals surface area (Å²) >= 11 is 1.90. The first-order valence-electron chi connectivity index (χ1n) is 9.39. The summed E-state index contributed by atoms with van der Waals surface area (Å²) in [6.45, 7) is 2.37. The van der Waals surface area contributed by atoms with Crippen LogP contribution >= 0.6 is 11.3 Å². The molecule has 2 aliphatic carbocycles. The molecular formula is C23H19NOS. The van der Waals surface area contributed by atoms with Gasteiger partial charge in [0.25, 0.3) is 0 Å². The fourth-order valence-electron chi connectivity index (χ4n) is 4.69. The molecular weight excluding hydrogens is 338 g/mol. The number of furan rings is 1. The second-order valence-electron chi connectivity index (χ2n) is 7.66. The topological polar surface area (TPSA) is 26.0 Å². The van der Waals surface area contributed by atoms with Gasteiger partial charge in [0.15, 0.2) is 0 Å². The van der Waals surface area contributed by atoms with E-state index < -0.39 is 0 Å². The summed E-state index contributed by atoms with van der Waals surface area (Å²) in [5, 5.41) is 1.36. The summed E-state index contributed by atoms with van der Waals surface area (Å²) in [5.74, 6) is 1.76. The Kier molecular flexibility index (Phi) is 3.01. The molecule has 4 aromatic rings. The van der Waals surface area contributed by atoms with E-state index in [9.17, 15) is 0 Å². The van der Waals surface area contributed by atoms with Crippen LogP contribution in [0.25, 0.3) is 32.8 Å². The molecule has 0 spiro atoms. The molecule has 26 heavy (non-hydrogen) atoms. The lowest BCUT2D eigenvalue weighted by atomic mass is 9.87. The van der Waals surface area contributed by atoms with Crippen molar-refractivity contribution in [2.24, 2.45) is 5.92 Å². The van der Waals surface area contributed by atoms with E-state index in [-0.39, 0.29) is 0 Å². The number of benzene rings is 1. The van der Waals surface area contributed by atoms with Crippen LogP contribution in [0.5, 0.6) is 0 Å². The van der Waals surface area contributed by atoms with E-state index in [0.29, 0.717) is 0 Å². The Morgan fingerprint density at radius 2 is 2.04 bits per heavy atom. The van der Waals surface area contributed by atoms with Crippen molar-refractivity contribution in [2.75, 3.05) is 0 Å². The van der Waals surface area contributed by atoms with Crippen molar-refractivity contribution in [2.45, 2.75) is 32.6 Å². The van der Waals surface area contributed by atoms with Crippen molar-refractivity contribution >= 4 is 21.6 Å². The lowest BCUT2D eigenvalue weighted by Crippen LogP contribution is -2.08. The van der Waals surface area contributed by atoms with Gasteiger partial charge < -0.3 is 4.42 Å². The van der Waals surface area contributed by atoms with Gasteiger partial charge in [-0.2, -0.15) is 0 Å². The SMILES string of the molecule is C[C@H]1CCc2c(sc3nc4c(c(-c5ccco5)c23)Cc2ccccc2-4)C1. The van der Waals surface area contributed by atoms with Gasteiger partial charge in [0.2, 0.25) is 0 Å². The number of aryl methyl sites for hydroxylation is 1. The summed E-state index contributed by atoms with van der Waals surface area (Å²) in [4.78, 5) is 7.90. The van der Waals surface area contributed by atoms with E-state index in [2.05, 4.69) is 37.3 Å². The van der Waals surface area contributed by atoms with Crippen molar-refractivity contribution in [3.63, 3.8) is 0 Å². The highest BCUT2D eigenvalue weighted by Crippen LogP contribution is 2.48. The number of hydrogen-bond acceptors (Lipinski definition) is 3. The van der Waals surface area contributed by atoms with Gasteiger partial charge in [-0.1, -0.05) is 31.2 Å². The van der Waals surface area contributed by atoms with E-state index in [0.717, 1.165) is 30.2 Å². The van der Waals surface area contributed by atoms with E-state index in [1.54, 1.807) is 6.26 Å². The van der Waals surface area contributed by atoms with Gasteiger partial charge in [0.05, 0.1) is 12.0 Å². The number of aromatic nitrogens is 1. The van der Waals surface area contributed by atoms with Gasteiger partial charge >= 0.3 is 0 Å². The van der Waals surface area contributed by atoms with Crippen molar-refractivity contribution in [1.29, 1.82) is 0 Å². The molecule has 128 valence electrons. The van der Waals surface area contributed by atoms with Crippen LogP contribution in [0.3, 0.4) is 0 Å². The summed E-state index contributed by atoms with van der Waals surface area (Å²) in [5.41, 5.74) is 7.98. The number of fused-ring (bicyclic) bond motifs is 6. The third kappa shape index (κ3) is 1.95. The number of thiophene rings is 1. The predicted molar refractivity (Wildman–Crippen MR) is 107 cm³/mol. The Balaban J connectivity index is 1.73. The predicted octanol–water partition coefficient (Wildman–Crippen LogP) is 6.25. The molecule has 0 radical (unpaired) electrons. The number of nitrogens with zero attached hydrogens (tertiary/aromatic N) is 1. The molecule has 0 amide bonds. The van der Waals surface area contributed by atoms with Gasteiger partial charge in [0, 0.05) is 27.8 Å². The first-order chi connectivity index (χ1) is 12.8. The molecule has 2 aliphatic rings. The zero-order valence-corrected chi connectivity index (χ0v) is 15.5. The van der Waals surface area contributed by atoms with Crippen LogP contribution in [-0.2, 0) is 19.3 Å². The van der Waals surface area contributed by atoms with Gasteiger partial charge in [-0.25, -0.2) is 4.98 Å². The largest absolute Gasteiger partial charge is 0.464 e. The molecule has 2 nitrogen and oxygen atoms in total. The number of rotatable bonds is 1. The lowest BCUT2D eigenvalue weighted by molar-refractivity contribution is 0.509. The maximum Gasteiger partial charge on any atom is 0.134 e. The Hall–Kier alpha value is -2.39. The Morgan fingerprint density at radius 1 is 1.12 bits per heavy atom. The zero-order chi connectivity index (χ0) is 17.3. The van der Waals surface area contributed by atoms with Gasteiger partial charge in [-0.3, -0.25) is 0 Å². The maximum absolute atomic E-state index is 5.91. The maximum atomic E-state index is 5.91. The molecule has 0 fully saturated rings. The van der Waals surface area contributed by atoms with Gasteiger partial charge in [0.1, 0.15) is 10.6 Å². The minimum absolute atomic E-state index is 0.773. The number of pyridine rings is 1. The fourth-order valence-corrected chi connectivity index (χ4v) is 6.09. The molecule has 0 bridgehead atoms.